The van der Waals surface area contributed by atoms with Crippen LogP contribution in [0.15, 0.2) is 12.7 Å². The number of hydrogen-bond acceptors (Lipinski definition) is 0. The Bertz CT molecular complexity index is 152. The van der Waals surface area contributed by atoms with Crippen LogP contribution in [0.2, 0.25) is 5.21 Å². The molecule has 0 saturated heterocycles. The van der Waals surface area contributed by atoms with Gasteiger partial charge in [0.25, 0.3) is 0 Å². The fourth-order valence-electron chi connectivity index (χ4n) is 2.29. The number of allylic oxidation sites excluding steroid dienone is 1. The van der Waals surface area contributed by atoms with E-state index in [4.69, 9.17) is 0 Å². The molecule has 0 aliphatic heterocycles. The predicted octanol–water partition coefficient (Wildman–Crippen LogP) is 2.16. The molecule has 0 bridgehead atoms. The molecule has 0 aromatic rings. The second-order valence-corrected chi connectivity index (χ2v) is 5.44. The lowest BCUT2D eigenvalue weighted by atomic mass is 9.49. The SMILES string of the molecule is BC(B)(C)CC(CC)(CC)CC=C. The van der Waals surface area contributed by atoms with Crippen molar-refractivity contribution in [3.8, 4) is 0 Å². The van der Waals surface area contributed by atoms with Gasteiger partial charge >= 0.3 is 0 Å². The van der Waals surface area contributed by atoms with Crippen LogP contribution in [-0.4, -0.2) is 15.7 Å². The zero-order valence-electron chi connectivity index (χ0n) is 10.1. The van der Waals surface area contributed by atoms with E-state index >= 15 is 0 Å². The minimum absolute atomic E-state index is 0.440. The predicted molar refractivity (Wildman–Crippen MR) is 67.9 cm³/mol. The zero-order chi connectivity index (χ0) is 10.5. The average molecular weight is 178 g/mol. The largest absolute Gasteiger partial charge is 0.103 e. The third-order valence-electron chi connectivity index (χ3n) is 2.98. The van der Waals surface area contributed by atoms with E-state index in [1.54, 1.807) is 0 Å². The van der Waals surface area contributed by atoms with Gasteiger partial charge in [-0.15, -0.1) is 6.58 Å². The van der Waals surface area contributed by atoms with E-state index in [1.807, 2.05) is 0 Å². The lowest BCUT2D eigenvalue weighted by Gasteiger charge is -2.37. The lowest BCUT2D eigenvalue weighted by molar-refractivity contribution is 0.232. The maximum absolute atomic E-state index is 3.87. The van der Waals surface area contributed by atoms with Crippen LogP contribution >= 0.6 is 0 Å². The van der Waals surface area contributed by atoms with Crippen molar-refractivity contribution in [2.45, 2.75) is 51.7 Å². The molecule has 0 aliphatic rings. The molecule has 0 rings (SSSR count). The highest BCUT2D eigenvalue weighted by Gasteiger charge is 2.29. The van der Waals surface area contributed by atoms with Crippen LogP contribution in [0.25, 0.3) is 0 Å². The summed E-state index contributed by atoms with van der Waals surface area (Å²) in [7, 11) is 4.66. The van der Waals surface area contributed by atoms with Gasteiger partial charge in [0.05, 0.1) is 15.7 Å². The third-order valence-corrected chi connectivity index (χ3v) is 2.98. The summed E-state index contributed by atoms with van der Waals surface area (Å²) < 4.78 is 0. The molecule has 0 N–H and O–H groups in total. The van der Waals surface area contributed by atoms with E-state index in [0.717, 1.165) is 6.42 Å². The second-order valence-electron chi connectivity index (χ2n) is 5.44. The first kappa shape index (κ1) is 12.9. The minimum Gasteiger partial charge on any atom is -0.103 e. The van der Waals surface area contributed by atoms with Crippen molar-refractivity contribution in [3.05, 3.63) is 12.7 Å². The van der Waals surface area contributed by atoms with Crippen molar-refractivity contribution in [3.63, 3.8) is 0 Å². The zero-order valence-corrected chi connectivity index (χ0v) is 10.1. The Morgan fingerprint density at radius 3 is 1.92 bits per heavy atom. The van der Waals surface area contributed by atoms with Crippen LogP contribution in [0.5, 0.6) is 0 Å². The first-order chi connectivity index (χ1) is 5.89. The van der Waals surface area contributed by atoms with Crippen LogP contribution in [0.4, 0.5) is 0 Å². The van der Waals surface area contributed by atoms with Gasteiger partial charge in [-0.25, -0.2) is 0 Å². The highest BCUT2D eigenvalue weighted by Crippen LogP contribution is 2.42. The highest BCUT2D eigenvalue weighted by molar-refractivity contribution is 6.39. The molecule has 0 spiro atoms. The minimum atomic E-state index is 0.440. The van der Waals surface area contributed by atoms with E-state index in [-0.39, 0.29) is 0 Å². The molecule has 0 saturated carbocycles. The standard InChI is InChI=1S/C11H24B2/c1-5-8-11(6-2,7-3)9-10(4,12)13/h5H,1,6-9,12-13H2,2-4H3. The average Bonchev–Trinajstić information content (AvgIpc) is 2.01. The van der Waals surface area contributed by atoms with Gasteiger partial charge in [-0.2, -0.15) is 0 Å². The Morgan fingerprint density at radius 2 is 1.69 bits per heavy atom. The maximum atomic E-state index is 3.87. The van der Waals surface area contributed by atoms with E-state index in [0.29, 0.717) is 10.6 Å². The Balaban J connectivity index is 4.47. The van der Waals surface area contributed by atoms with E-state index < -0.39 is 0 Å². The van der Waals surface area contributed by atoms with Gasteiger partial charge in [-0.1, -0.05) is 51.3 Å². The fraction of sp³-hybridized carbons (Fsp3) is 0.818. The molecule has 2 heteroatoms. The quantitative estimate of drug-likeness (QED) is 0.431. The summed E-state index contributed by atoms with van der Waals surface area (Å²) in [5.74, 6) is 0. The molecule has 0 fully saturated rings. The van der Waals surface area contributed by atoms with Crippen LogP contribution < -0.4 is 0 Å². The molecule has 0 amide bonds. The van der Waals surface area contributed by atoms with Crippen molar-refractivity contribution < 1.29 is 0 Å². The molecule has 74 valence electrons. The van der Waals surface area contributed by atoms with Crippen LogP contribution in [0.3, 0.4) is 0 Å². The fourth-order valence-corrected chi connectivity index (χ4v) is 2.29. The van der Waals surface area contributed by atoms with Crippen molar-refractivity contribution in [1.29, 1.82) is 0 Å². The first-order valence-electron chi connectivity index (χ1n) is 5.50. The number of hydrogen-bond donors (Lipinski definition) is 0. The molecule has 0 nitrogen and oxygen atoms in total. The van der Waals surface area contributed by atoms with Crippen molar-refractivity contribution in [2.75, 3.05) is 0 Å². The number of rotatable bonds is 6. The summed E-state index contributed by atoms with van der Waals surface area (Å²) in [6.45, 7) is 10.8. The van der Waals surface area contributed by atoms with E-state index in [9.17, 15) is 0 Å². The summed E-state index contributed by atoms with van der Waals surface area (Å²) in [5.41, 5.74) is 0.500. The monoisotopic (exact) mass is 178 g/mol. The third kappa shape index (κ3) is 4.59. The summed E-state index contributed by atoms with van der Waals surface area (Å²) >= 11 is 0. The first-order valence-corrected chi connectivity index (χ1v) is 5.50. The normalized spacial score (nSPS) is 12.8. The van der Waals surface area contributed by atoms with Gasteiger partial charge in [0.2, 0.25) is 0 Å². The van der Waals surface area contributed by atoms with Crippen molar-refractivity contribution >= 4 is 15.7 Å². The highest BCUT2D eigenvalue weighted by atomic mass is 14.3. The molecule has 0 aliphatic carbocycles. The van der Waals surface area contributed by atoms with E-state index in [1.165, 1.54) is 19.3 Å². The van der Waals surface area contributed by atoms with Crippen molar-refractivity contribution in [1.82, 2.24) is 0 Å². The molecule has 0 unspecified atom stereocenters. The summed E-state index contributed by atoms with van der Waals surface area (Å²) in [6.07, 6.45) is 7.09. The van der Waals surface area contributed by atoms with E-state index in [2.05, 4.69) is 49.1 Å². The smallest absolute Gasteiger partial charge is 0.0988 e. The molecular formula is C11H24B2. The van der Waals surface area contributed by atoms with Gasteiger partial charge in [-0.3, -0.25) is 0 Å². The molecule has 0 heterocycles. The van der Waals surface area contributed by atoms with Gasteiger partial charge in [0, 0.05) is 0 Å². The summed E-state index contributed by atoms with van der Waals surface area (Å²) in [5, 5.41) is 0.440. The van der Waals surface area contributed by atoms with Crippen molar-refractivity contribution in [2.24, 2.45) is 5.41 Å². The summed E-state index contributed by atoms with van der Waals surface area (Å²) in [4.78, 5) is 0. The Hall–Kier alpha value is -0.130. The Kier molecular flexibility index (Phi) is 4.88. The molecule has 0 aromatic heterocycles. The Morgan fingerprint density at radius 1 is 1.23 bits per heavy atom. The molecule has 0 radical (unpaired) electrons. The lowest BCUT2D eigenvalue weighted by Crippen LogP contribution is -2.25. The van der Waals surface area contributed by atoms with Gasteiger partial charge in [0.1, 0.15) is 0 Å². The van der Waals surface area contributed by atoms with Gasteiger partial charge in [-0.05, 0) is 11.8 Å². The van der Waals surface area contributed by atoms with Gasteiger partial charge < -0.3 is 0 Å². The van der Waals surface area contributed by atoms with Crippen LogP contribution in [0.1, 0.15) is 46.5 Å². The molecule has 13 heavy (non-hydrogen) atoms. The van der Waals surface area contributed by atoms with Gasteiger partial charge in [0.15, 0.2) is 0 Å². The molecular weight excluding hydrogens is 154 g/mol. The topological polar surface area (TPSA) is 0 Å². The molecule has 0 atom stereocenters. The summed E-state index contributed by atoms with van der Waals surface area (Å²) in [6, 6.07) is 0. The Labute approximate surface area is 86.0 Å². The second kappa shape index (κ2) is 4.93. The maximum Gasteiger partial charge on any atom is 0.0988 e. The van der Waals surface area contributed by atoms with Crippen LogP contribution in [0, 0.1) is 5.41 Å². The molecule has 0 aromatic carbocycles. The van der Waals surface area contributed by atoms with Crippen LogP contribution in [-0.2, 0) is 0 Å².